The number of hydrogen-bond acceptors (Lipinski definition) is 6. The molecule has 0 saturated heterocycles. The van der Waals surface area contributed by atoms with Gasteiger partial charge in [-0.15, -0.1) is 22.7 Å². The minimum Gasteiger partial charge on any atom is -0.306 e. The molecule has 1 unspecified atom stereocenters. The van der Waals surface area contributed by atoms with Crippen LogP contribution in [-0.2, 0) is 15.0 Å². The van der Waals surface area contributed by atoms with E-state index in [1.54, 1.807) is 22.7 Å². The molecule has 53 heavy (non-hydrogen) atoms. The van der Waals surface area contributed by atoms with Gasteiger partial charge in [-0.1, -0.05) is 108 Å². The molecule has 1 atom stereocenters. The van der Waals surface area contributed by atoms with Gasteiger partial charge in [0.05, 0.1) is 43.7 Å². The Morgan fingerprint density at radius 2 is 1.23 bits per heavy atom. The van der Waals surface area contributed by atoms with Gasteiger partial charge in [-0.05, 0) is 77.6 Å². The molecular formula is C45H60N4O2S2. The van der Waals surface area contributed by atoms with Crippen LogP contribution in [0.4, 0.5) is 11.4 Å². The monoisotopic (exact) mass is 752 g/mol. The summed E-state index contributed by atoms with van der Waals surface area (Å²) in [4.78, 5) is 46.7. The van der Waals surface area contributed by atoms with Crippen LogP contribution in [0.3, 0.4) is 0 Å². The quantitative estimate of drug-likeness (QED) is 0.108. The number of nitrogens with zero attached hydrogens (tertiary/aromatic N) is 4. The van der Waals surface area contributed by atoms with Gasteiger partial charge in [0, 0.05) is 35.3 Å². The van der Waals surface area contributed by atoms with Crippen molar-refractivity contribution in [3.8, 4) is 0 Å². The molecule has 8 heteroatoms. The second-order valence-corrected chi connectivity index (χ2v) is 19.5. The zero-order valence-corrected chi connectivity index (χ0v) is 35.3. The van der Waals surface area contributed by atoms with E-state index in [1.165, 1.54) is 37.0 Å². The van der Waals surface area contributed by atoms with Crippen LogP contribution in [0.1, 0.15) is 134 Å². The zero-order chi connectivity index (χ0) is 38.5. The molecule has 6 nitrogen and oxygen atoms in total. The van der Waals surface area contributed by atoms with Crippen LogP contribution in [0.15, 0.2) is 69.7 Å². The Balaban J connectivity index is 1.49. The fraction of sp³-hybridized carbons (Fsp3) is 0.511. The van der Waals surface area contributed by atoms with Gasteiger partial charge < -0.3 is 9.80 Å². The van der Waals surface area contributed by atoms with Gasteiger partial charge in [0.2, 0.25) is 0 Å². The van der Waals surface area contributed by atoms with Crippen LogP contribution in [0.5, 0.6) is 0 Å². The number of carbonyl (C=O) groups is 2. The maximum absolute atomic E-state index is 14.8. The van der Waals surface area contributed by atoms with Crippen LogP contribution in [0.2, 0.25) is 0 Å². The summed E-state index contributed by atoms with van der Waals surface area (Å²) in [7, 11) is 0. The Hall–Kier alpha value is -3.62. The summed E-state index contributed by atoms with van der Waals surface area (Å²) in [6, 6.07) is 16.3. The molecule has 0 aliphatic carbocycles. The molecular weight excluding hydrogens is 693 g/mol. The number of fused-ring (bicyclic) bond motifs is 1. The number of benzene rings is 1. The highest BCUT2D eigenvalue weighted by Gasteiger charge is 2.49. The van der Waals surface area contributed by atoms with Crippen molar-refractivity contribution in [2.45, 2.75) is 120 Å². The third-order valence-electron chi connectivity index (χ3n) is 9.50. The molecule has 1 aromatic carbocycles. The lowest BCUT2D eigenvalue weighted by atomic mass is 9.95. The fourth-order valence-corrected chi connectivity index (χ4v) is 8.81. The normalized spacial score (nSPS) is 16.2. The maximum atomic E-state index is 14.8. The van der Waals surface area contributed by atoms with E-state index in [9.17, 15) is 9.59 Å². The maximum Gasteiger partial charge on any atom is 0.261 e. The highest BCUT2D eigenvalue weighted by Crippen LogP contribution is 2.49. The summed E-state index contributed by atoms with van der Waals surface area (Å²) in [5.41, 5.74) is 4.38. The average Bonchev–Trinajstić information content (AvgIpc) is 3.87. The highest BCUT2D eigenvalue weighted by molar-refractivity contribution is 7.15. The summed E-state index contributed by atoms with van der Waals surface area (Å²) in [6.07, 6.45) is 12.4. The summed E-state index contributed by atoms with van der Waals surface area (Å²) >= 11 is 3.28. The van der Waals surface area contributed by atoms with E-state index < -0.39 is 0 Å². The Labute approximate surface area is 326 Å². The number of rotatable bonds is 16. The highest BCUT2D eigenvalue weighted by atomic mass is 32.1. The summed E-state index contributed by atoms with van der Waals surface area (Å²) < 4.78 is 0. The standard InChI is InChI=1S/C45H60N4O2S2/c1-11-12-13-14-15-16-17-31(4)28-49-41(36-24-25-37(53-36)45(8,9)10)39-38(43(49)51)40(48(42(39)50)27-30(2)3)35-23-22-34(52-35)26-46-32-18-20-33(21-19-32)47-29-44(5,6)7/h18-26,29-31H,11-17,27-28H2,1-10H3/b46-26+,47-29+. The number of unbranched alkanes of at least 4 members (excludes halogenated alkanes) is 5. The zero-order valence-electron chi connectivity index (χ0n) is 33.7. The minimum absolute atomic E-state index is 0.0175. The number of aliphatic imine (C=N–C) groups is 2. The van der Waals surface area contributed by atoms with Crippen molar-refractivity contribution in [1.82, 2.24) is 9.80 Å². The Bertz CT molecular complexity index is 1870. The molecule has 2 amide bonds. The molecule has 2 aliphatic heterocycles. The topological polar surface area (TPSA) is 65.3 Å². The molecule has 284 valence electrons. The van der Waals surface area contributed by atoms with Crippen molar-refractivity contribution in [3.63, 3.8) is 0 Å². The van der Waals surface area contributed by atoms with Crippen LogP contribution in [-0.4, -0.2) is 47.1 Å². The molecule has 0 spiro atoms. The fourth-order valence-electron chi connectivity index (χ4n) is 6.75. The summed E-state index contributed by atoms with van der Waals surface area (Å²) in [5.74, 6) is 0.424. The largest absolute Gasteiger partial charge is 0.306 e. The molecule has 2 aromatic heterocycles. The number of hydrogen-bond donors (Lipinski definition) is 0. The Morgan fingerprint density at radius 3 is 1.79 bits per heavy atom. The van der Waals surface area contributed by atoms with Gasteiger partial charge >= 0.3 is 0 Å². The second kappa shape index (κ2) is 17.2. The van der Waals surface area contributed by atoms with E-state index in [4.69, 9.17) is 4.99 Å². The third-order valence-corrected chi connectivity index (χ3v) is 12.0. The van der Waals surface area contributed by atoms with Crippen molar-refractivity contribution >= 4 is 69.7 Å². The first-order chi connectivity index (χ1) is 25.1. The molecule has 2 aliphatic rings. The minimum atomic E-state index is -0.0679. The molecule has 4 heterocycles. The van der Waals surface area contributed by atoms with Gasteiger partial charge in [0.25, 0.3) is 11.8 Å². The van der Waals surface area contributed by atoms with E-state index in [1.807, 2.05) is 58.6 Å². The average molecular weight is 753 g/mol. The summed E-state index contributed by atoms with van der Waals surface area (Å²) in [6.45, 7) is 22.9. The second-order valence-electron chi connectivity index (χ2n) is 17.3. The predicted octanol–water partition coefficient (Wildman–Crippen LogP) is 12.5. The molecule has 0 N–H and O–H groups in total. The van der Waals surface area contributed by atoms with E-state index in [2.05, 4.69) is 86.4 Å². The molecule has 0 radical (unpaired) electrons. The van der Waals surface area contributed by atoms with E-state index in [0.717, 1.165) is 50.2 Å². The van der Waals surface area contributed by atoms with Crippen LogP contribution < -0.4 is 0 Å². The lowest BCUT2D eigenvalue weighted by Crippen LogP contribution is -2.33. The number of carbonyl (C=O) groups excluding carboxylic acids is 2. The van der Waals surface area contributed by atoms with Crippen molar-refractivity contribution in [2.24, 2.45) is 27.2 Å². The smallest absolute Gasteiger partial charge is 0.261 e. The molecule has 0 saturated carbocycles. The SMILES string of the molecule is CCCCCCCCC(C)CN1C(=O)C2=C(c3ccc(/C=N/c4ccc(/N=C/C(C)(C)C)cc4)s3)N(CC(C)C)C(=O)C2=C1c1ccc(C(C)(C)C)s1. The predicted molar refractivity (Wildman–Crippen MR) is 228 cm³/mol. The first-order valence-electron chi connectivity index (χ1n) is 19.6. The van der Waals surface area contributed by atoms with Gasteiger partial charge in [-0.3, -0.25) is 19.6 Å². The third kappa shape index (κ3) is 10.1. The first kappa shape index (κ1) is 40.6. The molecule has 5 rings (SSSR count). The van der Waals surface area contributed by atoms with Crippen molar-refractivity contribution in [1.29, 1.82) is 0 Å². The first-order valence-corrected chi connectivity index (χ1v) is 21.2. The number of thiophene rings is 2. The Morgan fingerprint density at radius 1 is 0.679 bits per heavy atom. The van der Waals surface area contributed by atoms with E-state index in [-0.39, 0.29) is 28.6 Å². The van der Waals surface area contributed by atoms with Gasteiger partial charge in [0.1, 0.15) is 0 Å². The van der Waals surface area contributed by atoms with Crippen molar-refractivity contribution in [2.75, 3.05) is 13.1 Å². The van der Waals surface area contributed by atoms with Gasteiger partial charge in [0.15, 0.2) is 0 Å². The van der Waals surface area contributed by atoms with Crippen LogP contribution in [0.25, 0.3) is 11.4 Å². The van der Waals surface area contributed by atoms with E-state index >= 15 is 0 Å². The lowest BCUT2D eigenvalue weighted by Gasteiger charge is -2.27. The number of amides is 2. The van der Waals surface area contributed by atoms with E-state index in [0.29, 0.717) is 30.2 Å². The molecule has 3 aromatic rings. The molecule has 0 fully saturated rings. The van der Waals surface area contributed by atoms with Crippen LogP contribution in [0, 0.1) is 17.3 Å². The lowest BCUT2D eigenvalue weighted by molar-refractivity contribution is -0.124. The Kier molecular flexibility index (Phi) is 13.2. The van der Waals surface area contributed by atoms with Gasteiger partial charge in [-0.2, -0.15) is 0 Å². The molecule has 0 bridgehead atoms. The summed E-state index contributed by atoms with van der Waals surface area (Å²) in [5, 5.41) is 0. The van der Waals surface area contributed by atoms with Crippen LogP contribution >= 0.6 is 22.7 Å². The van der Waals surface area contributed by atoms with Gasteiger partial charge in [-0.25, -0.2) is 0 Å². The van der Waals surface area contributed by atoms with Crippen molar-refractivity contribution < 1.29 is 9.59 Å². The van der Waals surface area contributed by atoms with Crippen molar-refractivity contribution in [3.05, 3.63) is 79.2 Å².